The molecule has 0 atom stereocenters. The van der Waals surface area contributed by atoms with E-state index in [1.54, 1.807) is 0 Å². The van der Waals surface area contributed by atoms with Crippen LogP contribution in [0.1, 0.15) is 40.5 Å². The van der Waals surface area contributed by atoms with Crippen LogP contribution in [0.2, 0.25) is 0 Å². The van der Waals surface area contributed by atoms with Crippen molar-refractivity contribution in [2.75, 3.05) is 17.2 Å². The molecule has 1 aromatic carbocycles. The highest BCUT2D eigenvalue weighted by molar-refractivity contribution is 6.01. The molecule has 3 amide bonds. The molecule has 0 spiro atoms. The second-order valence-corrected chi connectivity index (χ2v) is 4.26. The minimum atomic E-state index is -0.148. The molecule has 0 bridgehead atoms. The van der Waals surface area contributed by atoms with Gasteiger partial charge in [-0.15, -0.1) is 0 Å². The molecule has 2 rings (SSSR count). The number of imide groups is 1. The van der Waals surface area contributed by atoms with E-state index >= 15 is 0 Å². The van der Waals surface area contributed by atoms with Crippen molar-refractivity contribution in [1.29, 1.82) is 0 Å². The van der Waals surface area contributed by atoms with E-state index in [-0.39, 0.29) is 17.7 Å². The fourth-order valence-corrected chi connectivity index (χ4v) is 1.62. The predicted octanol–water partition coefficient (Wildman–Crippen LogP) is 2.53. The van der Waals surface area contributed by atoms with Crippen molar-refractivity contribution in [3.63, 3.8) is 0 Å². The Balaban J connectivity index is 0.000000412. The predicted molar refractivity (Wildman–Crippen MR) is 88.6 cm³/mol. The normalized spacial score (nSPS) is 12.2. The van der Waals surface area contributed by atoms with Gasteiger partial charge >= 0.3 is 0 Å². The Bertz CT molecular complexity index is 487. The Kier molecular flexibility index (Phi) is 10.1. The van der Waals surface area contributed by atoms with Gasteiger partial charge in [-0.3, -0.25) is 19.7 Å². The van der Waals surface area contributed by atoms with Crippen LogP contribution in [0, 0.1) is 0 Å². The molecule has 22 heavy (non-hydrogen) atoms. The van der Waals surface area contributed by atoms with Gasteiger partial charge < -0.3 is 10.6 Å². The van der Waals surface area contributed by atoms with E-state index in [4.69, 9.17) is 0 Å². The fraction of sp³-hybridized carbons (Fsp3) is 0.438. The van der Waals surface area contributed by atoms with Crippen LogP contribution >= 0.6 is 0 Å². The van der Waals surface area contributed by atoms with E-state index in [0.29, 0.717) is 12.8 Å². The molecule has 1 aliphatic rings. The van der Waals surface area contributed by atoms with Gasteiger partial charge in [0.25, 0.3) is 0 Å². The minimum absolute atomic E-state index is 0.0475. The zero-order valence-electron chi connectivity index (χ0n) is 13.7. The summed E-state index contributed by atoms with van der Waals surface area (Å²) in [7, 11) is 0. The maximum absolute atomic E-state index is 10.8. The van der Waals surface area contributed by atoms with Crippen LogP contribution in [0.3, 0.4) is 0 Å². The number of hydrogen-bond acceptors (Lipinski definition) is 4. The molecule has 0 aromatic heterocycles. The number of nitrogens with one attached hydrogen (secondary N) is 3. The summed E-state index contributed by atoms with van der Waals surface area (Å²) >= 11 is 0. The third-order valence-electron chi connectivity index (χ3n) is 2.42. The van der Waals surface area contributed by atoms with Gasteiger partial charge in [0.2, 0.25) is 17.7 Å². The molecule has 0 aliphatic carbocycles. The largest absolute Gasteiger partial charge is 0.385 e. The number of carbonyl (C=O) groups is 3. The van der Waals surface area contributed by atoms with E-state index in [1.807, 2.05) is 45.0 Å². The average molecular weight is 307 g/mol. The van der Waals surface area contributed by atoms with Gasteiger partial charge in [-0.05, 0) is 25.1 Å². The van der Waals surface area contributed by atoms with Gasteiger partial charge in [-0.1, -0.05) is 19.9 Å². The van der Waals surface area contributed by atoms with Crippen molar-refractivity contribution >= 4 is 29.1 Å². The summed E-state index contributed by atoms with van der Waals surface area (Å²) < 4.78 is 0. The Morgan fingerprint density at radius 1 is 1.14 bits per heavy atom. The van der Waals surface area contributed by atoms with Gasteiger partial charge in [0.1, 0.15) is 0 Å². The lowest BCUT2D eigenvalue weighted by Gasteiger charge is -2.06. The first-order valence-electron chi connectivity index (χ1n) is 7.45. The lowest BCUT2D eigenvalue weighted by atomic mass is 10.2. The summed E-state index contributed by atoms with van der Waals surface area (Å²) in [5.74, 6) is -0.344. The van der Waals surface area contributed by atoms with Crippen LogP contribution in [0.4, 0.5) is 11.4 Å². The van der Waals surface area contributed by atoms with Crippen molar-refractivity contribution in [1.82, 2.24) is 5.32 Å². The summed E-state index contributed by atoms with van der Waals surface area (Å²) in [6, 6.07) is 7.64. The number of benzene rings is 1. The highest BCUT2D eigenvalue weighted by Gasteiger charge is 2.15. The quantitative estimate of drug-likeness (QED) is 0.749. The highest BCUT2D eigenvalue weighted by Crippen LogP contribution is 2.14. The van der Waals surface area contributed by atoms with Crippen LogP contribution in [0.5, 0.6) is 0 Å². The van der Waals surface area contributed by atoms with Crippen LogP contribution in [0.25, 0.3) is 0 Å². The van der Waals surface area contributed by atoms with E-state index in [1.165, 1.54) is 6.92 Å². The van der Waals surface area contributed by atoms with Gasteiger partial charge in [-0.25, -0.2) is 0 Å². The Morgan fingerprint density at radius 3 is 2.09 bits per heavy atom. The molecule has 6 nitrogen and oxygen atoms in total. The number of hydrogen-bond donors (Lipinski definition) is 3. The zero-order chi connectivity index (χ0) is 17.0. The molecular weight excluding hydrogens is 282 g/mol. The lowest BCUT2D eigenvalue weighted by molar-refractivity contribution is -0.124. The van der Waals surface area contributed by atoms with E-state index in [9.17, 15) is 14.4 Å². The van der Waals surface area contributed by atoms with Crippen LogP contribution in [-0.2, 0) is 14.4 Å². The van der Waals surface area contributed by atoms with Crippen molar-refractivity contribution in [2.45, 2.75) is 40.5 Å². The van der Waals surface area contributed by atoms with Crippen LogP contribution in [0.15, 0.2) is 24.3 Å². The first-order valence-corrected chi connectivity index (χ1v) is 7.45. The molecule has 122 valence electrons. The standard InChI is InChI=1S/C10H14N2O.C4H5NO2.C2H6/c1-3-11-9-5-4-6-10(7-9)12-8(2)13;6-3-1-2-4(7)5-3;1-2/h4-7,11H,3H2,1-2H3,(H,12,13);1-2H2,(H,5,6,7);1-2H3. The molecule has 1 fully saturated rings. The molecule has 0 saturated carbocycles. The molecule has 6 heteroatoms. The molecule has 0 radical (unpaired) electrons. The van der Waals surface area contributed by atoms with Crippen LogP contribution < -0.4 is 16.0 Å². The Hall–Kier alpha value is -2.37. The Morgan fingerprint density at radius 2 is 1.68 bits per heavy atom. The number of amides is 3. The molecule has 3 N–H and O–H groups in total. The molecular formula is C16H25N3O3. The third kappa shape index (κ3) is 8.73. The van der Waals surface area contributed by atoms with Gasteiger partial charge in [0, 0.05) is 37.7 Å². The summed E-state index contributed by atoms with van der Waals surface area (Å²) in [5.41, 5.74) is 1.85. The number of rotatable bonds is 3. The fourth-order valence-electron chi connectivity index (χ4n) is 1.62. The molecule has 1 aromatic rings. The molecule has 1 saturated heterocycles. The number of anilines is 2. The summed E-state index contributed by atoms with van der Waals surface area (Å²) in [5, 5.41) is 8.03. The van der Waals surface area contributed by atoms with Crippen LogP contribution in [-0.4, -0.2) is 24.3 Å². The number of carbonyl (C=O) groups excluding carboxylic acids is 3. The first kappa shape index (κ1) is 19.6. The first-order chi connectivity index (χ1) is 10.5. The second kappa shape index (κ2) is 11.3. The van der Waals surface area contributed by atoms with E-state index in [2.05, 4.69) is 16.0 Å². The van der Waals surface area contributed by atoms with Crippen molar-refractivity contribution in [3.05, 3.63) is 24.3 Å². The molecule has 0 unspecified atom stereocenters. The monoisotopic (exact) mass is 307 g/mol. The molecule has 1 heterocycles. The maximum Gasteiger partial charge on any atom is 0.227 e. The summed E-state index contributed by atoms with van der Waals surface area (Å²) in [6.45, 7) is 8.41. The highest BCUT2D eigenvalue weighted by atomic mass is 16.2. The summed E-state index contributed by atoms with van der Waals surface area (Å²) in [4.78, 5) is 31.0. The second-order valence-electron chi connectivity index (χ2n) is 4.26. The Labute approximate surface area is 131 Å². The smallest absolute Gasteiger partial charge is 0.227 e. The minimum Gasteiger partial charge on any atom is -0.385 e. The van der Waals surface area contributed by atoms with Crippen molar-refractivity contribution < 1.29 is 14.4 Å². The van der Waals surface area contributed by atoms with Gasteiger partial charge in [-0.2, -0.15) is 0 Å². The van der Waals surface area contributed by atoms with E-state index in [0.717, 1.165) is 17.9 Å². The average Bonchev–Trinajstić information content (AvgIpc) is 2.85. The van der Waals surface area contributed by atoms with Crippen molar-refractivity contribution in [3.8, 4) is 0 Å². The maximum atomic E-state index is 10.8. The van der Waals surface area contributed by atoms with Gasteiger partial charge in [0.05, 0.1) is 0 Å². The topological polar surface area (TPSA) is 87.3 Å². The SMILES string of the molecule is CC.CCNc1cccc(NC(C)=O)c1.O=C1CCC(=O)N1. The van der Waals surface area contributed by atoms with Crippen molar-refractivity contribution in [2.24, 2.45) is 0 Å². The third-order valence-corrected chi connectivity index (χ3v) is 2.42. The van der Waals surface area contributed by atoms with E-state index < -0.39 is 0 Å². The summed E-state index contributed by atoms with van der Waals surface area (Å²) in [6.07, 6.45) is 0.748. The lowest BCUT2D eigenvalue weighted by Crippen LogP contribution is -2.18. The zero-order valence-corrected chi connectivity index (χ0v) is 13.7. The molecule has 1 aliphatic heterocycles. The van der Waals surface area contributed by atoms with Gasteiger partial charge in [0.15, 0.2) is 0 Å².